The summed E-state index contributed by atoms with van der Waals surface area (Å²) in [6, 6.07) is 9.79. The molecule has 2 heterocycles. The Bertz CT molecular complexity index is 1020. The van der Waals surface area contributed by atoms with E-state index in [4.69, 9.17) is 4.98 Å². The van der Waals surface area contributed by atoms with Crippen LogP contribution in [0.3, 0.4) is 0 Å². The molecular weight excluding hydrogens is 370 g/mol. The quantitative estimate of drug-likeness (QED) is 0.592. The molecule has 2 N–H and O–H groups in total. The van der Waals surface area contributed by atoms with Crippen molar-refractivity contribution in [3.8, 4) is 0 Å². The number of allylic oxidation sites excluding steroid dienone is 2. The number of hydrogen-bond donors (Lipinski definition) is 2. The van der Waals surface area contributed by atoms with Crippen LogP contribution < -0.4 is 10.9 Å². The van der Waals surface area contributed by atoms with Crippen LogP contribution in [0.4, 0.5) is 5.82 Å². The van der Waals surface area contributed by atoms with Crippen molar-refractivity contribution in [2.45, 2.75) is 56.9 Å². The highest BCUT2D eigenvalue weighted by atomic mass is 32.2. The Hall–Kier alpha value is -2.34. The predicted octanol–water partition coefficient (Wildman–Crippen LogP) is 4.47. The van der Waals surface area contributed by atoms with Crippen LogP contribution in [-0.2, 0) is 4.79 Å². The number of carbonyl (C=O) groups excluding carboxylic acids is 1. The first-order chi connectivity index (χ1) is 13.2. The second-order valence-electron chi connectivity index (χ2n) is 8.60. The van der Waals surface area contributed by atoms with Gasteiger partial charge in [0, 0.05) is 28.9 Å². The lowest BCUT2D eigenvalue weighted by molar-refractivity contribution is -0.118. The van der Waals surface area contributed by atoms with Gasteiger partial charge in [-0.1, -0.05) is 69.8 Å². The van der Waals surface area contributed by atoms with E-state index in [2.05, 4.69) is 38.0 Å². The molecule has 5 nitrogen and oxygen atoms in total. The van der Waals surface area contributed by atoms with Gasteiger partial charge in [0.1, 0.15) is 5.82 Å². The van der Waals surface area contributed by atoms with Crippen molar-refractivity contribution in [1.82, 2.24) is 9.97 Å². The van der Waals surface area contributed by atoms with Crippen LogP contribution >= 0.6 is 11.8 Å². The van der Waals surface area contributed by atoms with Crippen LogP contribution in [0.2, 0.25) is 0 Å². The average molecular weight is 396 g/mol. The molecule has 28 heavy (non-hydrogen) atoms. The van der Waals surface area contributed by atoms with E-state index in [9.17, 15) is 9.59 Å². The summed E-state index contributed by atoms with van der Waals surface area (Å²) in [5, 5.41) is 4.26. The summed E-state index contributed by atoms with van der Waals surface area (Å²) in [5.41, 5.74) is 2.81. The summed E-state index contributed by atoms with van der Waals surface area (Å²) in [5.74, 6) is 0.300. The first kappa shape index (κ1) is 19.0. The van der Waals surface area contributed by atoms with Crippen molar-refractivity contribution in [2.75, 3.05) is 5.32 Å². The lowest BCUT2D eigenvalue weighted by atomic mass is 9.69. The standard InChI is InChI=1S/C22H25N3O2S/c1-12(2)28-21-24-19-18(20(27)25-21)16(13-8-6-5-7-9-13)17-14(23-19)10-22(3,4)11-15(17)26/h5-9,12,16H,10-11H2,1-4H3,(H2,23,24,25,27). The smallest absolute Gasteiger partial charge is 0.257 e. The zero-order chi connectivity index (χ0) is 20.1. The minimum absolute atomic E-state index is 0.110. The van der Waals surface area contributed by atoms with Crippen LogP contribution in [0.1, 0.15) is 57.6 Å². The van der Waals surface area contributed by atoms with E-state index in [1.54, 1.807) is 0 Å². The van der Waals surface area contributed by atoms with E-state index in [1.165, 1.54) is 11.8 Å². The van der Waals surface area contributed by atoms with Gasteiger partial charge < -0.3 is 10.3 Å². The fourth-order valence-corrected chi connectivity index (χ4v) is 4.89. The molecule has 1 aromatic heterocycles. The molecule has 1 aliphatic carbocycles. The average Bonchev–Trinajstić information content (AvgIpc) is 2.59. The van der Waals surface area contributed by atoms with Gasteiger partial charge in [0.15, 0.2) is 10.9 Å². The number of carbonyl (C=O) groups is 1. The van der Waals surface area contributed by atoms with Gasteiger partial charge >= 0.3 is 0 Å². The number of aromatic nitrogens is 2. The number of hydrogen-bond acceptors (Lipinski definition) is 5. The Morgan fingerprint density at radius 1 is 1.14 bits per heavy atom. The van der Waals surface area contributed by atoms with E-state index in [-0.39, 0.29) is 22.7 Å². The van der Waals surface area contributed by atoms with Gasteiger partial charge in [0.2, 0.25) is 0 Å². The van der Waals surface area contributed by atoms with Crippen molar-refractivity contribution >= 4 is 23.4 Å². The highest BCUT2D eigenvalue weighted by Gasteiger charge is 2.42. The van der Waals surface area contributed by atoms with Gasteiger partial charge in [0.05, 0.1) is 5.56 Å². The number of Topliss-reactive ketones (excluding diaryl/α,β-unsaturated/α-hetero) is 1. The summed E-state index contributed by atoms with van der Waals surface area (Å²) in [4.78, 5) is 33.8. The second-order valence-corrected chi connectivity index (χ2v) is 10.2. The van der Waals surface area contributed by atoms with Crippen molar-refractivity contribution in [2.24, 2.45) is 5.41 Å². The maximum absolute atomic E-state index is 13.1. The van der Waals surface area contributed by atoms with Crippen LogP contribution in [0.5, 0.6) is 0 Å². The Morgan fingerprint density at radius 3 is 2.54 bits per heavy atom. The number of anilines is 1. The molecule has 146 valence electrons. The number of thioether (sulfide) groups is 1. The predicted molar refractivity (Wildman–Crippen MR) is 113 cm³/mol. The molecular formula is C22H25N3O2S. The second kappa shape index (κ2) is 6.92. The third kappa shape index (κ3) is 3.41. The SMILES string of the molecule is CC(C)Sc1nc2c(c(=O)[nH]1)C(c1ccccc1)C1=C(CC(C)(C)CC1=O)N2. The topological polar surface area (TPSA) is 74.8 Å². The third-order valence-corrected chi connectivity index (χ3v) is 6.07. The molecule has 4 rings (SSSR count). The molecule has 2 aromatic rings. The fraction of sp³-hybridized carbons (Fsp3) is 0.409. The van der Waals surface area contributed by atoms with Crippen LogP contribution in [0, 0.1) is 5.41 Å². The number of H-pyrrole nitrogens is 1. The number of rotatable bonds is 3. The largest absolute Gasteiger partial charge is 0.343 e. The molecule has 1 unspecified atom stereocenters. The Morgan fingerprint density at radius 2 is 1.86 bits per heavy atom. The summed E-state index contributed by atoms with van der Waals surface area (Å²) >= 11 is 1.52. The molecule has 1 aliphatic heterocycles. The minimum Gasteiger partial charge on any atom is -0.343 e. The zero-order valence-electron chi connectivity index (χ0n) is 16.6. The van der Waals surface area contributed by atoms with Crippen molar-refractivity contribution < 1.29 is 4.79 Å². The molecule has 0 bridgehead atoms. The van der Waals surface area contributed by atoms with Crippen LogP contribution in [-0.4, -0.2) is 21.0 Å². The molecule has 0 radical (unpaired) electrons. The van der Waals surface area contributed by atoms with E-state index in [0.717, 1.165) is 23.3 Å². The van der Waals surface area contributed by atoms with Crippen molar-refractivity contribution in [3.05, 3.63) is 63.1 Å². The van der Waals surface area contributed by atoms with Gasteiger partial charge in [-0.3, -0.25) is 9.59 Å². The molecule has 0 saturated carbocycles. The number of fused-ring (bicyclic) bond motifs is 1. The molecule has 0 amide bonds. The van der Waals surface area contributed by atoms with Crippen LogP contribution in [0.15, 0.2) is 51.6 Å². The van der Waals surface area contributed by atoms with E-state index >= 15 is 0 Å². The van der Waals surface area contributed by atoms with Gasteiger partial charge in [-0.05, 0) is 17.4 Å². The molecule has 6 heteroatoms. The van der Waals surface area contributed by atoms with Crippen molar-refractivity contribution in [3.63, 3.8) is 0 Å². The van der Waals surface area contributed by atoms with E-state index in [1.807, 2.05) is 30.3 Å². The summed E-state index contributed by atoms with van der Waals surface area (Å²) in [6.45, 7) is 8.34. The minimum atomic E-state index is -0.384. The number of nitrogens with zero attached hydrogens (tertiary/aromatic N) is 1. The number of benzene rings is 1. The normalized spacial score (nSPS) is 20.6. The molecule has 1 atom stereocenters. The Labute approximate surface area is 169 Å². The maximum atomic E-state index is 13.1. The van der Waals surface area contributed by atoms with Gasteiger partial charge in [0.25, 0.3) is 5.56 Å². The highest BCUT2D eigenvalue weighted by Crippen LogP contribution is 2.47. The molecule has 2 aliphatic rings. The van der Waals surface area contributed by atoms with Gasteiger partial charge in [-0.25, -0.2) is 4.98 Å². The first-order valence-electron chi connectivity index (χ1n) is 9.64. The van der Waals surface area contributed by atoms with E-state index in [0.29, 0.717) is 28.2 Å². The lowest BCUT2D eigenvalue weighted by Crippen LogP contribution is -2.37. The maximum Gasteiger partial charge on any atom is 0.257 e. The summed E-state index contributed by atoms with van der Waals surface area (Å²) in [6.07, 6.45) is 1.25. The zero-order valence-corrected chi connectivity index (χ0v) is 17.4. The van der Waals surface area contributed by atoms with Gasteiger partial charge in [-0.15, -0.1) is 0 Å². The van der Waals surface area contributed by atoms with E-state index < -0.39 is 0 Å². The number of aromatic amines is 1. The van der Waals surface area contributed by atoms with Crippen molar-refractivity contribution in [1.29, 1.82) is 0 Å². The molecule has 0 fully saturated rings. The first-order valence-corrected chi connectivity index (χ1v) is 10.5. The molecule has 0 saturated heterocycles. The fourth-order valence-electron chi connectivity index (χ4n) is 4.15. The monoisotopic (exact) mass is 395 g/mol. The lowest BCUT2D eigenvalue weighted by Gasteiger charge is -2.38. The Balaban J connectivity index is 1.93. The number of nitrogens with one attached hydrogen (secondary N) is 2. The summed E-state index contributed by atoms with van der Waals surface area (Å²) in [7, 11) is 0. The summed E-state index contributed by atoms with van der Waals surface area (Å²) < 4.78 is 0. The molecule has 1 aromatic carbocycles. The highest BCUT2D eigenvalue weighted by molar-refractivity contribution is 7.99. The number of ketones is 1. The Kier molecular flexibility index (Phi) is 4.70. The van der Waals surface area contributed by atoms with Gasteiger partial charge in [-0.2, -0.15) is 0 Å². The molecule has 0 spiro atoms. The third-order valence-electron chi connectivity index (χ3n) is 5.18. The van der Waals surface area contributed by atoms with Crippen LogP contribution in [0.25, 0.3) is 0 Å².